The Bertz CT molecular complexity index is 616. The Morgan fingerprint density at radius 3 is 2.86 bits per heavy atom. The topological polar surface area (TPSA) is 81.6 Å². The van der Waals surface area contributed by atoms with Crippen LogP contribution in [0.15, 0.2) is 36.7 Å². The van der Waals surface area contributed by atoms with Crippen LogP contribution < -0.4 is 5.32 Å². The van der Waals surface area contributed by atoms with E-state index in [1.807, 2.05) is 19.1 Å². The molecule has 5 nitrogen and oxygen atoms in total. The standard InChI is InChI=1S/C15H16N4OS/c1-11(14-7-17-18-8-14)19-15(20)10-21-9-13-4-2-12(6-16)3-5-13/h2-5,7-8,11H,9-10H2,1H3,(H,17,18)(H,19,20). The molecule has 0 saturated heterocycles. The summed E-state index contributed by atoms with van der Waals surface area (Å²) >= 11 is 1.55. The number of rotatable bonds is 6. The average Bonchev–Trinajstić information content (AvgIpc) is 3.02. The summed E-state index contributed by atoms with van der Waals surface area (Å²) in [4.78, 5) is 11.8. The van der Waals surface area contributed by atoms with Crippen molar-refractivity contribution in [1.82, 2.24) is 15.5 Å². The summed E-state index contributed by atoms with van der Waals surface area (Å²) in [5, 5.41) is 18.2. The zero-order chi connectivity index (χ0) is 15.1. The molecule has 0 bridgehead atoms. The minimum absolute atomic E-state index is 0.00217. The van der Waals surface area contributed by atoms with Crippen LogP contribution in [0.5, 0.6) is 0 Å². The molecule has 2 N–H and O–H groups in total. The van der Waals surface area contributed by atoms with Gasteiger partial charge in [-0.3, -0.25) is 9.89 Å². The van der Waals surface area contributed by atoms with E-state index in [2.05, 4.69) is 21.6 Å². The summed E-state index contributed by atoms with van der Waals surface area (Å²) < 4.78 is 0. The number of aromatic amines is 1. The number of thioether (sulfide) groups is 1. The Kier molecular flexibility index (Phi) is 5.41. The molecule has 0 saturated carbocycles. The first kappa shape index (κ1) is 15.1. The number of nitrogens with one attached hydrogen (secondary N) is 2. The summed E-state index contributed by atoms with van der Waals surface area (Å²) in [5.74, 6) is 1.16. The largest absolute Gasteiger partial charge is 0.349 e. The summed E-state index contributed by atoms with van der Waals surface area (Å²) in [6.07, 6.45) is 3.48. The Balaban J connectivity index is 1.72. The van der Waals surface area contributed by atoms with Gasteiger partial charge in [-0.15, -0.1) is 11.8 Å². The van der Waals surface area contributed by atoms with Crippen LogP contribution in [0.3, 0.4) is 0 Å². The first-order valence-corrected chi connectivity index (χ1v) is 7.69. The molecule has 0 fully saturated rings. The summed E-state index contributed by atoms with van der Waals surface area (Å²) in [6.45, 7) is 1.92. The lowest BCUT2D eigenvalue weighted by Crippen LogP contribution is -2.28. The SMILES string of the molecule is CC(NC(=O)CSCc1ccc(C#N)cc1)c1cn[nH]c1. The third-order valence-corrected chi connectivity index (χ3v) is 3.99. The highest BCUT2D eigenvalue weighted by atomic mass is 32.2. The van der Waals surface area contributed by atoms with E-state index in [0.717, 1.165) is 16.9 Å². The van der Waals surface area contributed by atoms with Gasteiger partial charge in [0.1, 0.15) is 0 Å². The predicted molar refractivity (Wildman–Crippen MR) is 82.5 cm³/mol. The minimum atomic E-state index is -0.0493. The van der Waals surface area contributed by atoms with Gasteiger partial charge in [0.2, 0.25) is 5.91 Å². The molecule has 6 heteroatoms. The molecule has 2 rings (SSSR count). The van der Waals surface area contributed by atoms with Gasteiger partial charge in [-0.1, -0.05) is 12.1 Å². The number of benzene rings is 1. The fourth-order valence-corrected chi connectivity index (χ4v) is 2.60. The van der Waals surface area contributed by atoms with Crippen LogP contribution in [-0.2, 0) is 10.5 Å². The highest BCUT2D eigenvalue weighted by Gasteiger charge is 2.10. The maximum Gasteiger partial charge on any atom is 0.230 e. The number of carbonyl (C=O) groups excluding carboxylic acids is 1. The molecule has 0 radical (unpaired) electrons. The second kappa shape index (κ2) is 7.50. The molecule has 2 aromatic rings. The van der Waals surface area contributed by atoms with Crippen LogP contribution >= 0.6 is 11.8 Å². The van der Waals surface area contributed by atoms with Crippen LogP contribution in [0.4, 0.5) is 0 Å². The van der Waals surface area contributed by atoms with Gasteiger partial charge in [-0.05, 0) is 24.6 Å². The normalized spacial score (nSPS) is 11.6. The lowest BCUT2D eigenvalue weighted by Gasteiger charge is -2.11. The third-order valence-electron chi connectivity index (χ3n) is 2.98. The zero-order valence-corrected chi connectivity index (χ0v) is 12.5. The lowest BCUT2D eigenvalue weighted by atomic mass is 10.2. The lowest BCUT2D eigenvalue weighted by molar-refractivity contribution is -0.119. The molecule has 108 valence electrons. The molecule has 1 aromatic heterocycles. The van der Waals surface area contributed by atoms with Gasteiger partial charge in [0, 0.05) is 17.5 Å². The van der Waals surface area contributed by atoms with Gasteiger partial charge in [-0.2, -0.15) is 10.4 Å². The van der Waals surface area contributed by atoms with E-state index in [9.17, 15) is 4.79 Å². The van der Waals surface area contributed by atoms with Crippen molar-refractivity contribution in [2.75, 3.05) is 5.75 Å². The zero-order valence-electron chi connectivity index (χ0n) is 11.7. The smallest absolute Gasteiger partial charge is 0.230 e. The van der Waals surface area contributed by atoms with E-state index in [4.69, 9.17) is 5.26 Å². The van der Waals surface area contributed by atoms with E-state index in [0.29, 0.717) is 11.3 Å². The number of nitriles is 1. The molecule has 1 amide bonds. The number of nitrogens with zero attached hydrogens (tertiary/aromatic N) is 2. The number of amides is 1. The second-order valence-electron chi connectivity index (χ2n) is 4.62. The van der Waals surface area contributed by atoms with E-state index in [-0.39, 0.29) is 11.9 Å². The number of carbonyl (C=O) groups is 1. The van der Waals surface area contributed by atoms with Crippen LogP contribution in [0.1, 0.15) is 29.7 Å². The maximum absolute atomic E-state index is 11.8. The van der Waals surface area contributed by atoms with Crippen LogP contribution in [0.25, 0.3) is 0 Å². The Hall–Kier alpha value is -2.26. The van der Waals surface area contributed by atoms with Crippen LogP contribution in [0, 0.1) is 11.3 Å². The van der Waals surface area contributed by atoms with E-state index in [1.54, 1.807) is 36.3 Å². The van der Waals surface area contributed by atoms with Crippen molar-refractivity contribution in [3.05, 3.63) is 53.3 Å². The van der Waals surface area contributed by atoms with Crippen molar-refractivity contribution in [3.8, 4) is 6.07 Å². The van der Waals surface area contributed by atoms with Crippen molar-refractivity contribution >= 4 is 17.7 Å². The molecule has 1 aromatic carbocycles. The average molecular weight is 300 g/mol. The fourth-order valence-electron chi connectivity index (χ4n) is 1.80. The molecule has 0 aliphatic heterocycles. The minimum Gasteiger partial charge on any atom is -0.349 e. The summed E-state index contributed by atoms with van der Waals surface area (Å²) in [5.41, 5.74) is 2.71. The molecule has 1 heterocycles. The molecular weight excluding hydrogens is 284 g/mol. The first-order chi connectivity index (χ1) is 10.2. The van der Waals surface area contributed by atoms with Crippen LogP contribution in [0.2, 0.25) is 0 Å². The van der Waals surface area contributed by atoms with Gasteiger partial charge < -0.3 is 5.32 Å². The third kappa shape index (κ3) is 4.65. The van der Waals surface area contributed by atoms with Gasteiger partial charge in [-0.25, -0.2) is 0 Å². The second-order valence-corrected chi connectivity index (χ2v) is 5.61. The number of hydrogen-bond donors (Lipinski definition) is 2. The van der Waals surface area contributed by atoms with Crippen LogP contribution in [-0.4, -0.2) is 21.9 Å². The molecule has 1 atom stereocenters. The molecule has 0 spiro atoms. The Labute approximate surface area is 127 Å². The van der Waals surface area contributed by atoms with E-state index < -0.39 is 0 Å². The molecule has 21 heavy (non-hydrogen) atoms. The molecule has 0 aliphatic rings. The first-order valence-electron chi connectivity index (χ1n) is 6.54. The number of H-pyrrole nitrogens is 1. The van der Waals surface area contributed by atoms with E-state index in [1.165, 1.54) is 0 Å². The van der Waals surface area contributed by atoms with Crippen molar-refractivity contribution in [2.45, 2.75) is 18.7 Å². The van der Waals surface area contributed by atoms with Crippen molar-refractivity contribution in [1.29, 1.82) is 5.26 Å². The van der Waals surface area contributed by atoms with Gasteiger partial charge in [0.15, 0.2) is 0 Å². The van der Waals surface area contributed by atoms with Gasteiger partial charge in [0.05, 0.1) is 29.6 Å². The monoisotopic (exact) mass is 300 g/mol. The number of aromatic nitrogens is 2. The summed E-state index contributed by atoms with van der Waals surface area (Å²) in [6, 6.07) is 9.44. The highest BCUT2D eigenvalue weighted by molar-refractivity contribution is 7.99. The fraction of sp³-hybridized carbons (Fsp3) is 0.267. The van der Waals surface area contributed by atoms with Crippen molar-refractivity contribution < 1.29 is 4.79 Å². The number of hydrogen-bond acceptors (Lipinski definition) is 4. The Morgan fingerprint density at radius 1 is 1.48 bits per heavy atom. The maximum atomic E-state index is 11.8. The quantitative estimate of drug-likeness (QED) is 0.858. The van der Waals surface area contributed by atoms with E-state index >= 15 is 0 Å². The highest BCUT2D eigenvalue weighted by Crippen LogP contribution is 2.14. The molecule has 1 unspecified atom stereocenters. The molecular formula is C15H16N4OS. The predicted octanol–water partition coefficient (Wildman–Crippen LogP) is 2.39. The van der Waals surface area contributed by atoms with Gasteiger partial charge >= 0.3 is 0 Å². The Morgan fingerprint density at radius 2 is 2.24 bits per heavy atom. The van der Waals surface area contributed by atoms with Crippen molar-refractivity contribution in [2.24, 2.45) is 0 Å². The van der Waals surface area contributed by atoms with Gasteiger partial charge in [0.25, 0.3) is 0 Å². The summed E-state index contributed by atoms with van der Waals surface area (Å²) in [7, 11) is 0. The molecule has 0 aliphatic carbocycles. The van der Waals surface area contributed by atoms with Crippen molar-refractivity contribution in [3.63, 3.8) is 0 Å².